The number of hydrogen-bond acceptors (Lipinski definition) is 2. The van der Waals surface area contributed by atoms with Crippen LogP contribution in [0.2, 0.25) is 5.02 Å². The van der Waals surface area contributed by atoms with E-state index >= 15 is 0 Å². The molecule has 0 aliphatic heterocycles. The van der Waals surface area contributed by atoms with E-state index in [9.17, 15) is 5.11 Å². The SMILES string of the molecule is OC(Cc1ccc(Cl)cc1)Cc1csc2ccccc12. The van der Waals surface area contributed by atoms with Gasteiger partial charge in [0.25, 0.3) is 0 Å². The lowest BCUT2D eigenvalue weighted by molar-refractivity contribution is 0.176. The van der Waals surface area contributed by atoms with E-state index in [-0.39, 0.29) is 6.10 Å². The molecule has 0 spiro atoms. The first-order valence-electron chi connectivity index (χ1n) is 6.60. The molecule has 0 aliphatic carbocycles. The van der Waals surface area contributed by atoms with Gasteiger partial charge in [-0.1, -0.05) is 41.9 Å². The lowest BCUT2D eigenvalue weighted by atomic mass is 10.0. The van der Waals surface area contributed by atoms with Gasteiger partial charge in [0.15, 0.2) is 0 Å². The molecule has 0 amide bonds. The Labute approximate surface area is 127 Å². The van der Waals surface area contributed by atoms with Crippen LogP contribution in [0.1, 0.15) is 11.1 Å². The molecule has 1 unspecified atom stereocenters. The van der Waals surface area contributed by atoms with Crippen molar-refractivity contribution in [2.24, 2.45) is 0 Å². The van der Waals surface area contributed by atoms with Crippen LogP contribution in [0.25, 0.3) is 10.1 Å². The monoisotopic (exact) mass is 302 g/mol. The second kappa shape index (κ2) is 5.96. The van der Waals surface area contributed by atoms with Crippen molar-refractivity contribution in [1.29, 1.82) is 0 Å². The van der Waals surface area contributed by atoms with Crippen LogP contribution < -0.4 is 0 Å². The molecule has 2 aromatic carbocycles. The molecule has 1 aromatic heterocycles. The average molecular weight is 303 g/mol. The number of benzene rings is 2. The Hall–Kier alpha value is -1.35. The maximum Gasteiger partial charge on any atom is 0.0621 e. The van der Waals surface area contributed by atoms with E-state index in [1.165, 1.54) is 15.6 Å². The molecule has 1 nitrogen and oxygen atoms in total. The molecule has 0 aliphatic rings. The van der Waals surface area contributed by atoms with Gasteiger partial charge in [0.1, 0.15) is 0 Å². The van der Waals surface area contributed by atoms with Gasteiger partial charge in [0, 0.05) is 16.1 Å². The van der Waals surface area contributed by atoms with Gasteiger partial charge in [-0.2, -0.15) is 0 Å². The number of thiophene rings is 1. The normalized spacial score (nSPS) is 12.7. The van der Waals surface area contributed by atoms with Crippen molar-refractivity contribution < 1.29 is 5.11 Å². The van der Waals surface area contributed by atoms with E-state index in [1.807, 2.05) is 36.4 Å². The molecule has 0 bridgehead atoms. The van der Waals surface area contributed by atoms with Gasteiger partial charge < -0.3 is 5.11 Å². The summed E-state index contributed by atoms with van der Waals surface area (Å²) in [6.45, 7) is 0. The minimum atomic E-state index is -0.366. The van der Waals surface area contributed by atoms with Crippen LogP contribution >= 0.6 is 22.9 Å². The highest BCUT2D eigenvalue weighted by Crippen LogP contribution is 2.27. The molecule has 0 saturated heterocycles. The molecule has 1 heterocycles. The van der Waals surface area contributed by atoms with Crippen molar-refractivity contribution in [3.8, 4) is 0 Å². The van der Waals surface area contributed by atoms with E-state index < -0.39 is 0 Å². The fourth-order valence-corrected chi connectivity index (χ4v) is 3.51. The molecule has 0 saturated carbocycles. The number of aliphatic hydroxyl groups is 1. The highest BCUT2D eigenvalue weighted by atomic mass is 35.5. The summed E-state index contributed by atoms with van der Waals surface area (Å²) in [5, 5.41) is 14.4. The van der Waals surface area contributed by atoms with Crippen molar-refractivity contribution in [3.63, 3.8) is 0 Å². The van der Waals surface area contributed by atoms with E-state index in [0.717, 1.165) is 10.6 Å². The van der Waals surface area contributed by atoms with Gasteiger partial charge in [0.05, 0.1) is 6.10 Å². The molecule has 102 valence electrons. The van der Waals surface area contributed by atoms with Crippen LogP contribution in [-0.4, -0.2) is 11.2 Å². The van der Waals surface area contributed by atoms with Gasteiger partial charge >= 0.3 is 0 Å². The minimum absolute atomic E-state index is 0.366. The molecule has 20 heavy (non-hydrogen) atoms. The zero-order valence-electron chi connectivity index (χ0n) is 10.9. The van der Waals surface area contributed by atoms with Crippen molar-refractivity contribution in [3.05, 3.63) is 70.1 Å². The number of rotatable bonds is 4. The second-order valence-electron chi connectivity index (χ2n) is 4.95. The van der Waals surface area contributed by atoms with Crippen LogP contribution in [0.3, 0.4) is 0 Å². The quantitative estimate of drug-likeness (QED) is 0.740. The fraction of sp³-hybridized carbons (Fsp3) is 0.176. The largest absolute Gasteiger partial charge is 0.392 e. The van der Waals surface area contributed by atoms with Gasteiger partial charge in [-0.15, -0.1) is 11.3 Å². The fourth-order valence-electron chi connectivity index (χ4n) is 2.41. The summed E-state index contributed by atoms with van der Waals surface area (Å²) in [6.07, 6.45) is 0.975. The van der Waals surface area contributed by atoms with Gasteiger partial charge in [-0.05, 0) is 46.5 Å². The summed E-state index contributed by atoms with van der Waals surface area (Å²) >= 11 is 7.60. The Morgan fingerprint density at radius 3 is 2.55 bits per heavy atom. The lowest BCUT2D eigenvalue weighted by Gasteiger charge is -2.10. The predicted molar refractivity (Wildman–Crippen MR) is 86.7 cm³/mol. The van der Waals surface area contributed by atoms with Crippen molar-refractivity contribution in [1.82, 2.24) is 0 Å². The molecule has 3 heteroatoms. The first-order valence-corrected chi connectivity index (χ1v) is 7.86. The summed E-state index contributed by atoms with van der Waals surface area (Å²) in [5.41, 5.74) is 2.34. The molecule has 0 fully saturated rings. The summed E-state index contributed by atoms with van der Waals surface area (Å²) in [4.78, 5) is 0. The third kappa shape index (κ3) is 3.04. The second-order valence-corrected chi connectivity index (χ2v) is 6.29. The van der Waals surface area contributed by atoms with Gasteiger partial charge in [0.2, 0.25) is 0 Å². The average Bonchev–Trinajstić information content (AvgIpc) is 2.85. The first kappa shape index (κ1) is 13.6. The third-order valence-electron chi connectivity index (χ3n) is 3.40. The van der Waals surface area contributed by atoms with E-state index in [4.69, 9.17) is 11.6 Å². The number of hydrogen-bond donors (Lipinski definition) is 1. The highest BCUT2D eigenvalue weighted by molar-refractivity contribution is 7.17. The van der Waals surface area contributed by atoms with Crippen LogP contribution in [0.15, 0.2) is 53.9 Å². The van der Waals surface area contributed by atoms with E-state index in [1.54, 1.807) is 11.3 Å². The molecule has 1 N–H and O–H groups in total. The molecule has 1 atom stereocenters. The summed E-state index contributed by atoms with van der Waals surface area (Å²) in [5.74, 6) is 0. The summed E-state index contributed by atoms with van der Waals surface area (Å²) in [6, 6.07) is 16.0. The topological polar surface area (TPSA) is 20.2 Å². The van der Waals surface area contributed by atoms with E-state index in [0.29, 0.717) is 12.8 Å². The van der Waals surface area contributed by atoms with Crippen LogP contribution in [-0.2, 0) is 12.8 Å². The maximum absolute atomic E-state index is 10.3. The van der Waals surface area contributed by atoms with Crippen molar-refractivity contribution in [2.45, 2.75) is 18.9 Å². The van der Waals surface area contributed by atoms with Gasteiger partial charge in [-0.3, -0.25) is 0 Å². The molecule has 0 radical (unpaired) electrons. The standard InChI is InChI=1S/C17H15ClOS/c18-14-7-5-12(6-8-14)9-15(19)10-13-11-20-17-4-2-1-3-16(13)17/h1-8,11,15,19H,9-10H2. The zero-order valence-corrected chi connectivity index (χ0v) is 12.5. The number of fused-ring (bicyclic) bond motifs is 1. The highest BCUT2D eigenvalue weighted by Gasteiger charge is 2.10. The Balaban J connectivity index is 1.72. The smallest absolute Gasteiger partial charge is 0.0621 e. The maximum atomic E-state index is 10.3. The lowest BCUT2D eigenvalue weighted by Crippen LogP contribution is -2.13. The Bertz CT molecular complexity index is 702. The Morgan fingerprint density at radius 2 is 1.75 bits per heavy atom. The predicted octanol–water partition coefficient (Wildman–Crippen LogP) is 4.70. The molecular weight excluding hydrogens is 288 g/mol. The number of halogens is 1. The number of aliphatic hydroxyl groups excluding tert-OH is 1. The van der Waals surface area contributed by atoms with Gasteiger partial charge in [-0.25, -0.2) is 0 Å². The Morgan fingerprint density at radius 1 is 1.00 bits per heavy atom. The Kier molecular flexibility index (Phi) is 4.06. The third-order valence-corrected chi connectivity index (χ3v) is 4.67. The molecule has 3 aromatic rings. The summed E-state index contributed by atoms with van der Waals surface area (Å²) in [7, 11) is 0. The first-order chi connectivity index (χ1) is 9.72. The van der Waals surface area contributed by atoms with E-state index in [2.05, 4.69) is 17.5 Å². The summed E-state index contributed by atoms with van der Waals surface area (Å²) < 4.78 is 1.28. The van der Waals surface area contributed by atoms with Crippen molar-refractivity contribution in [2.75, 3.05) is 0 Å². The van der Waals surface area contributed by atoms with Crippen LogP contribution in [0, 0.1) is 0 Å². The molecular formula is C17H15ClOS. The zero-order chi connectivity index (χ0) is 13.9. The van der Waals surface area contributed by atoms with Crippen LogP contribution in [0.5, 0.6) is 0 Å². The molecule has 3 rings (SSSR count). The van der Waals surface area contributed by atoms with Crippen LogP contribution in [0.4, 0.5) is 0 Å². The minimum Gasteiger partial charge on any atom is -0.392 e. The van der Waals surface area contributed by atoms with Crippen molar-refractivity contribution >= 4 is 33.0 Å².